The Kier molecular flexibility index (Phi) is 7.51. The molecule has 3 aromatic rings. The average Bonchev–Trinajstić information content (AvgIpc) is 3.38. The molecular formula is C22H27N5O3S. The number of amides is 2. The molecule has 164 valence electrons. The number of aromatic nitrogens is 3. The Bertz CT molecular complexity index is 1060. The summed E-state index contributed by atoms with van der Waals surface area (Å²) in [5.74, 6) is 1.45. The van der Waals surface area contributed by atoms with E-state index in [0.717, 1.165) is 17.1 Å². The van der Waals surface area contributed by atoms with Gasteiger partial charge in [0.05, 0.1) is 17.6 Å². The van der Waals surface area contributed by atoms with E-state index in [2.05, 4.69) is 15.5 Å². The van der Waals surface area contributed by atoms with Gasteiger partial charge in [-0.2, -0.15) is 0 Å². The van der Waals surface area contributed by atoms with Gasteiger partial charge in [-0.05, 0) is 52.0 Å². The number of nitrogens with zero attached hydrogens (tertiary/aromatic N) is 4. The van der Waals surface area contributed by atoms with Crippen LogP contribution in [0.2, 0.25) is 0 Å². The first-order chi connectivity index (χ1) is 15.0. The van der Waals surface area contributed by atoms with E-state index in [1.165, 1.54) is 11.8 Å². The molecule has 0 fully saturated rings. The first kappa shape index (κ1) is 22.6. The topological polar surface area (TPSA) is 93.3 Å². The Balaban J connectivity index is 1.65. The van der Waals surface area contributed by atoms with Crippen LogP contribution in [0, 0.1) is 6.92 Å². The minimum atomic E-state index is -0.177. The van der Waals surface area contributed by atoms with Crippen LogP contribution in [0.5, 0.6) is 0 Å². The van der Waals surface area contributed by atoms with Gasteiger partial charge in [0.1, 0.15) is 5.76 Å². The number of carbonyl (C=O) groups excluding carboxylic acids is 2. The summed E-state index contributed by atoms with van der Waals surface area (Å²) in [5.41, 5.74) is 2.04. The lowest BCUT2D eigenvalue weighted by molar-refractivity contribution is -0.113. The summed E-state index contributed by atoms with van der Waals surface area (Å²) in [5, 5.41) is 12.0. The maximum absolute atomic E-state index is 12.5. The van der Waals surface area contributed by atoms with Crippen LogP contribution >= 0.6 is 11.8 Å². The molecule has 1 aromatic carbocycles. The second-order valence-corrected chi connectivity index (χ2v) is 7.78. The van der Waals surface area contributed by atoms with Crippen LogP contribution in [0.4, 0.5) is 5.69 Å². The molecule has 1 N–H and O–H groups in total. The van der Waals surface area contributed by atoms with Crippen molar-refractivity contribution in [3.63, 3.8) is 0 Å². The number of nitrogens with one attached hydrogen (secondary N) is 1. The van der Waals surface area contributed by atoms with Crippen molar-refractivity contribution >= 4 is 29.3 Å². The molecule has 0 saturated heterocycles. The molecule has 8 nitrogen and oxygen atoms in total. The highest BCUT2D eigenvalue weighted by molar-refractivity contribution is 7.99. The standard InChI is InChI=1S/C22H27N5O3S/c1-5-26(6-2)21(29)16-9-8-10-17(13-16)23-19(28)14-31-22-25-24-20(27(22)7-3)18-11-12-30-15(18)4/h8-13H,5-7,14H2,1-4H3,(H,23,28). The first-order valence-electron chi connectivity index (χ1n) is 10.3. The van der Waals surface area contributed by atoms with E-state index in [0.29, 0.717) is 36.0 Å². The van der Waals surface area contributed by atoms with Crippen molar-refractivity contribution in [3.05, 3.63) is 47.9 Å². The van der Waals surface area contributed by atoms with Crippen LogP contribution in [0.15, 0.2) is 46.2 Å². The molecule has 9 heteroatoms. The fraction of sp³-hybridized carbons (Fsp3) is 0.364. The minimum absolute atomic E-state index is 0.0476. The second kappa shape index (κ2) is 10.3. The molecule has 3 rings (SSSR count). The summed E-state index contributed by atoms with van der Waals surface area (Å²) in [7, 11) is 0. The summed E-state index contributed by atoms with van der Waals surface area (Å²) in [6.45, 7) is 9.72. The summed E-state index contributed by atoms with van der Waals surface area (Å²) >= 11 is 1.32. The van der Waals surface area contributed by atoms with Crippen LogP contribution in [-0.2, 0) is 11.3 Å². The van der Waals surface area contributed by atoms with Gasteiger partial charge in [-0.15, -0.1) is 10.2 Å². The smallest absolute Gasteiger partial charge is 0.253 e. The Morgan fingerprint density at radius 2 is 1.94 bits per heavy atom. The minimum Gasteiger partial charge on any atom is -0.469 e. The quantitative estimate of drug-likeness (QED) is 0.503. The van der Waals surface area contributed by atoms with Gasteiger partial charge >= 0.3 is 0 Å². The number of anilines is 1. The van der Waals surface area contributed by atoms with Gasteiger partial charge in [-0.25, -0.2) is 0 Å². The van der Waals surface area contributed by atoms with Crippen LogP contribution < -0.4 is 5.32 Å². The summed E-state index contributed by atoms with van der Waals surface area (Å²) in [4.78, 5) is 26.8. The van der Waals surface area contributed by atoms with E-state index in [1.54, 1.807) is 35.4 Å². The first-order valence-corrected chi connectivity index (χ1v) is 11.3. The molecule has 31 heavy (non-hydrogen) atoms. The highest BCUT2D eigenvalue weighted by Crippen LogP contribution is 2.27. The molecular weight excluding hydrogens is 414 g/mol. The number of benzene rings is 1. The number of hydrogen-bond acceptors (Lipinski definition) is 6. The molecule has 2 aromatic heterocycles. The van der Waals surface area contributed by atoms with Crippen molar-refractivity contribution in [1.29, 1.82) is 0 Å². The van der Waals surface area contributed by atoms with Gasteiger partial charge in [0, 0.05) is 30.9 Å². The van der Waals surface area contributed by atoms with Crippen molar-refractivity contribution in [2.75, 3.05) is 24.2 Å². The summed E-state index contributed by atoms with van der Waals surface area (Å²) in [6.07, 6.45) is 1.62. The maximum Gasteiger partial charge on any atom is 0.253 e. The van der Waals surface area contributed by atoms with Crippen molar-refractivity contribution in [1.82, 2.24) is 19.7 Å². The molecule has 0 aliphatic rings. The molecule has 0 atom stereocenters. The normalized spacial score (nSPS) is 10.8. The van der Waals surface area contributed by atoms with E-state index in [4.69, 9.17) is 4.42 Å². The number of furan rings is 1. The van der Waals surface area contributed by atoms with Gasteiger partial charge in [0.25, 0.3) is 5.91 Å². The van der Waals surface area contributed by atoms with E-state index in [9.17, 15) is 9.59 Å². The predicted octanol–water partition coefficient (Wildman–Crippen LogP) is 4.08. The number of hydrogen-bond donors (Lipinski definition) is 1. The Hall–Kier alpha value is -3.07. The van der Waals surface area contributed by atoms with E-state index in [-0.39, 0.29) is 17.6 Å². The molecule has 0 aliphatic carbocycles. The van der Waals surface area contributed by atoms with Crippen LogP contribution in [0.3, 0.4) is 0 Å². The molecule has 0 bridgehead atoms. The lowest BCUT2D eigenvalue weighted by Crippen LogP contribution is -2.30. The monoisotopic (exact) mass is 441 g/mol. The second-order valence-electron chi connectivity index (χ2n) is 6.84. The average molecular weight is 442 g/mol. The zero-order valence-corrected chi connectivity index (χ0v) is 19.0. The predicted molar refractivity (Wildman–Crippen MR) is 121 cm³/mol. The zero-order valence-electron chi connectivity index (χ0n) is 18.2. The Morgan fingerprint density at radius 3 is 2.58 bits per heavy atom. The van der Waals surface area contributed by atoms with Crippen LogP contribution in [0.25, 0.3) is 11.4 Å². The van der Waals surface area contributed by atoms with Gasteiger partial charge in [0.2, 0.25) is 5.91 Å². The molecule has 0 radical (unpaired) electrons. The van der Waals surface area contributed by atoms with Gasteiger partial charge in [0.15, 0.2) is 11.0 Å². The SMILES string of the molecule is CCN(CC)C(=O)c1cccc(NC(=O)CSc2nnc(-c3ccoc3C)n2CC)c1. The fourth-order valence-corrected chi connectivity index (χ4v) is 4.05. The number of thioether (sulfide) groups is 1. The van der Waals surface area contributed by atoms with E-state index in [1.807, 2.05) is 38.3 Å². The highest BCUT2D eigenvalue weighted by Gasteiger charge is 2.18. The van der Waals surface area contributed by atoms with Crippen molar-refractivity contribution in [2.45, 2.75) is 39.4 Å². The van der Waals surface area contributed by atoms with Crippen molar-refractivity contribution in [2.24, 2.45) is 0 Å². The molecule has 2 amide bonds. The van der Waals surface area contributed by atoms with E-state index < -0.39 is 0 Å². The molecule has 0 saturated carbocycles. The highest BCUT2D eigenvalue weighted by atomic mass is 32.2. The van der Waals surface area contributed by atoms with Crippen molar-refractivity contribution < 1.29 is 14.0 Å². The lowest BCUT2D eigenvalue weighted by atomic mass is 10.1. The van der Waals surface area contributed by atoms with Gasteiger partial charge < -0.3 is 19.2 Å². The van der Waals surface area contributed by atoms with E-state index >= 15 is 0 Å². The Morgan fingerprint density at radius 1 is 1.16 bits per heavy atom. The summed E-state index contributed by atoms with van der Waals surface area (Å²) < 4.78 is 7.33. The third-order valence-corrected chi connectivity index (χ3v) is 5.88. The molecule has 2 heterocycles. The van der Waals surface area contributed by atoms with Gasteiger partial charge in [-0.3, -0.25) is 9.59 Å². The van der Waals surface area contributed by atoms with Crippen LogP contribution in [0.1, 0.15) is 36.9 Å². The zero-order chi connectivity index (χ0) is 22.4. The lowest BCUT2D eigenvalue weighted by Gasteiger charge is -2.19. The molecule has 0 spiro atoms. The maximum atomic E-state index is 12.5. The summed E-state index contributed by atoms with van der Waals surface area (Å²) in [6, 6.07) is 8.87. The Labute approximate surface area is 186 Å². The molecule has 0 aliphatic heterocycles. The van der Waals surface area contributed by atoms with Gasteiger partial charge in [-0.1, -0.05) is 17.8 Å². The third kappa shape index (κ3) is 5.16. The number of aryl methyl sites for hydroxylation is 1. The largest absolute Gasteiger partial charge is 0.469 e. The van der Waals surface area contributed by atoms with Crippen molar-refractivity contribution in [3.8, 4) is 11.4 Å². The number of rotatable bonds is 9. The van der Waals surface area contributed by atoms with Crippen LogP contribution in [-0.4, -0.2) is 50.3 Å². The third-order valence-electron chi connectivity index (χ3n) is 4.91. The molecule has 0 unspecified atom stereocenters. The fourth-order valence-electron chi connectivity index (χ4n) is 3.25. The number of carbonyl (C=O) groups is 2.